The molecule has 0 aliphatic heterocycles. The predicted octanol–water partition coefficient (Wildman–Crippen LogP) is 4.29. The second kappa shape index (κ2) is 11.6. The molecule has 2 N–H and O–H groups in total. The van der Waals surface area contributed by atoms with Crippen molar-refractivity contribution >= 4 is 21.6 Å². The SMILES string of the molecule is COc1cccc(-c2csc3nc(CN(Cc4ccco4)CC(O)COCC(C)C)[nH]c(=O)c23)c1. The first-order chi connectivity index (χ1) is 16.9. The zero-order valence-electron chi connectivity index (χ0n) is 20.2. The van der Waals surface area contributed by atoms with Crippen molar-refractivity contribution in [3.63, 3.8) is 0 Å². The second-order valence-electron chi connectivity index (χ2n) is 8.91. The van der Waals surface area contributed by atoms with Gasteiger partial charge in [-0.15, -0.1) is 11.3 Å². The molecule has 0 radical (unpaired) electrons. The van der Waals surface area contributed by atoms with Crippen LogP contribution in [0.1, 0.15) is 25.4 Å². The maximum absolute atomic E-state index is 13.1. The van der Waals surface area contributed by atoms with Crippen molar-refractivity contribution in [1.29, 1.82) is 0 Å². The fraction of sp³-hybridized carbons (Fsp3) is 0.385. The minimum absolute atomic E-state index is 0.192. The van der Waals surface area contributed by atoms with Crippen LogP contribution in [0.15, 0.2) is 57.3 Å². The Bertz CT molecular complexity index is 1280. The molecule has 4 aromatic rings. The minimum Gasteiger partial charge on any atom is -0.497 e. The summed E-state index contributed by atoms with van der Waals surface area (Å²) >= 11 is 1.43. The highest BCUT2D eigenvalue weighted by molar-refractivity contribution is 7.17. The first-order valence-electron chi connectivity index (χ1n) is 11.6. The van der Waals surface area contributed by atoms with E-state index in [4.69, 9.17) is 18.9 Å². The molecule has 1 aromatic carbocycles. The zero-order valence-corrected chi connectivity index (χ0v) is 21.0. The van der Waals surface area contributed by atoms with Crippen LogP contribution in [0.4, 0.5) is 0 Å². The molecule has 0 fully saturated rings. The summed E-state index contributed by atoms with van der Waals surface area (Å²) in [4.78, 5) is 23.4. The van der Waals surface area contributed by atoms with Gasteiger partial charge in [0.1, 0.15) is 22.2 Å². The van der Waals surface area contributed by atoms with E-state index in [2.05, 4.69) is 18.8 Å². The van der Waals surface area contributed by atoms with Gasteiger partial charge in [0, 0.05) is 24.1 Å². The molecule has 0 saturated carbocycles. The Hall–Kier alpha value is -2.98. The lowest BCUT2D eigenvalue weighted by Gasteiger charge is -2.24. The van der Waals surface area contributed by atoms with Crippen LogP contribution in [0.3, 0.4) is 0 Å². The number of aromatic nitrogens is 2. The maximum atomic E-state index is 13.1. The average molecular weight is 498 g/mol. The lowest BCUT2D eigenvalue weighted by molar-refractivity contribution is 0.00421. The van der Waals surface area contributed by atoms with Gasteiger partial charge in [0.2, 0.25) is 0 Å². The fourth-order valence-corrected chi connectivity index (χ4v) is 4.85. The number of benzene rings is 1. The number of methoxy groups -OCH3 is 1. The van der Waals surface area contributed by atoms with Gasteiger partial charge in [-0.2, -0.15) is 0 Å². The van der Waals surface area contributed by atoms with Gasteiger partial charge >= 0.3 is 0 Å². The highest BCUT2D eigenvalue weighted by Crippen LogP contribution is 2.32. The van der Waals surface area contributed by atoms with Crippen LogP contribution in [-0.2, 0) is 17.8 Å². The minimum atomic E-state index is -0.680. The van der Waals surface area contributed by atoms with Crippen molar-refractivity contribution in [1.82, 2.24) is 14.9 Å². The summed E-state index contributed by atoms with van der Waals surface area (Å²) in [5.41, 5.74) is 1.54. The molecular formula is C26H31N3O5S. The van der Waals surface area contributed by atoms with E-state index in [0.29, 0.717) is 48.2 Å². The molecular weight excluding hydrogens is 466 g/mol. The number of nitrogens with zero attached hydrogens (tertiary/aromatic N) is 2. The summed E-state index contributed by atoms with van der Waals surface area (Å²) in [5, 5.41) is 13.0. The number of aliphatic hydroxyl groups excluding tert-OH is 1. The second-order valence-corrected chi connectivity index (χ2v) is 9.77. The molecule has 0 aliphatic carbocycles. The summed E-state index contributed by atoms with van der Waals surface area (Å²) in [5.74, 6) is 2.42. The van der Waals surface area contributed by atoms with E-state index < -0.39 is 6.10 Å². The number of hydrogen-bond acceptors (Lipinski definition) is 8. The van der Waals surface area contributed by atoms with Gasteiger partial charge in [0.05, 0.1) is 44.6 Å². The number of thiophene rings is 1. The molecule has 9 heteroatoms. The lowest BCUT2D eigenvalue weighted by atomic mass is 10.1. The Balaban J connectivity index is 1.55. The number of H-pyrrole nitrogens is 1. The summed E-state index contributed by atoms with van der Waals surface area (Å²) in [6, 6.07) is 11.3. The van der Waals surface area contributed by atoms with Crippen molar-refractivity contribution in [2.45, 2.75) is 33.0 Å². The van der Waals surface area contributed by atoms with E-state index in [9.17, 15) is 9.90 Å². The van der Waals surface area contributed by atoms with Crippen molar-refractivity contribution in [3.8, 4) is 16.9 Å². The predicted molar refractivity (Wildman–Crippen MR) is 137 cm³/mol. The van der Waals surface area contributed by atoms with Crippen LogP contribution in [0.5, 0.6) is 5.75 Å². The van der Waals surface area contributed by atoms with Crippen molar-refractivity contribution in [2.75, 3.05) is 26.9 Å². The van der Waals surface area contributed by atoms with Crippen molar-refractivity contribution in [2.24, 2.45) is 5.92 Å². The Morgan fingerprint density at radius 1 is 1.20 bits per heavy atom. The van der Waals surface area contributed by atoms with Gasteiger partial charge in [0.25, 0.3) is 5.56 Å². The summed E-state index contributed by atoms with van der Waals surface area (Å²) in [6.07, 6.45) is 0.939. The van der Waals surface area contributed by atoms with Crippen LogP contribution in [0.2, 0.25) is 0 Å². The molecule has 0 spiro atoms. The number of aliphatic hydroxyl groups is 1. The number of aromatic amines is 1. The monoisotopic (exact) mass is 497 g/mol. The Morgan fingerprint density at radius 3 is 2.80 bits per heavy atom. The Morgan fingerprint density at radius 2 is 2.06 bits per heavy atom. The van der Waals surface area contributed by atoms with E-state index in [-0.39, 0.29) is 12.2 Å². The Labute approximate surface area is 208 Å². The van der Waals surface area contributed by atoms with Crippen molar-refractivity contribution < 1.29 is 19.0 Å². The quantitative estimate of drug-likeness (QED) is 0.301. The summed E-state index contributed by atoms with van der Waals surface area (Å²) < 4.78 is 16.4. The number of nitrogens with one attached hydrogen (secondary N) is 1. The summed E-state index contributed by atoms with van der Waals surface area (Å²) in [6.45, 7) is 6.13. The standard InChI is InChI=1S/C26H31N3O5S/c1-17(2)14-33-15-19(30)11-29(12-21-8-5-9-34-21)13-23-27-25(31)24-22(16-35-26(24)28-23)18-6-4-7-20(10-18)32-3/h4-10,16-17,19,30H,11-15H2,1-3H3,(H,27,28,31). The Kier molecular flexibility index (Phi) is 8.35. The van der Waals surface area contributed by atoms with Crippen LogP contribution in [0, 0.1) is 5.92 Å². The zero-order chi connectivity index (χ0) is 24.8. The van der Waals surface area contributed by atoms with Crippen LogP contribution in [-0.4, -0.2) is 52.9 Å². The maximum Gasteiger partial charge on any atom is 0.260 e. The van der Waals surface area contributed by atoms with E-state index >= 15 is 0 Å². The molecule has 3 heterocycles. The molecule has 186 valence electrons. The van der Waals surface area contributed by atoms with Gasteiger partial charge < -0.3 is 24.0 Å². The number of rotatable bonds is 12. The summed E-state index contributed by atoms with van der Waals surface area (Å²) in [7, 11) is 1.62. The first kappa shape index (κ1) is 25.1. The van der Waals surface area contributed by atoms with Gasteiger partial charge in [-0.25, -0.2) is 4.98 Å². The third-order valence-electron chi connectivity index (χ3n) is 5.44. The van der Waals surface area contributed by atoms with Crippen molar-refractivity contribution in [3.05, 3.63) is 70.0 Å². The number of furan rings is 1. The molecule has 0 saturated heterocycles. The van der Waals surface area contributed by atoms with Crippen LogP contribution in [0.25, 0.3) is 21.3 Å². The molecule has 0 aliphatic rings. The molecule has 0 bridgehead atoms. The molecule has 4 rings (SSSR count). The van der Waals surface area contributed by atoms with E-state index in [1.807, 2.05) is 46.7 Å². The molecule has 35 heavy (non-hydrogen) atoms. The number of ether oxygens (including phenoxy) is 2. The number of fused-ring (bicyclic) bond motifs is 1. The van der Waals surface area contributed by atoms with Crippen LogP contribution >= 0.6 is 11.3 Å². The smallest absolute Gasteiger partial charge is 0.260 e. The van der Waals surface area contributed by atoms with Gasteiger partial charge in [-0.3, -0.25) is 9.69 Å². The third-order valence-corrected chi connectivity index (χ3v) is 6.31. The highest BCUT2D eigenvalue weighted by atomic mass is 32.1. The normalized spacial score (nSPS) is 12.6. The highest BCUT2D eigenvalue weighted by Gasteiger charge is 2.18. The van der Waals surface area contributed by atoms with Crippen LogP contribution < -0.4 is 10.3 Å². The number of hydrogen-bond donors (Lipinski definition) is 2. The first-order valence-corrected chi connectivity index (χ1v) is 12.5. The van der Waals surface area contributed by atoms with E-state index in [1.54, 1.807) is 13.4 Å². The average Bonchev–Trinajstić information content (AvgIpc) is 3.49. The fourth-order valence-electron chi connectivity index (χ4n) is 3.88. The van der Waals surface area contributed by atoms with Gasteiger partial charge in [-0.05, 0) is 35.7 Å². The molecule has 8 nitrogen and oxygen atoms in total. The van der Waals surface area contributed by atoms with E-state index in [0.717, 1.165) is 22.6 Å². The van der Waals surface area contributed by atoms with Gasteiger partial charge in [-0.1, -0.05) is 26.0 Å². The topological polar surface area (TPSA) is 101 Å². The molecule has 0 amide bonds. The molecule has 1 unspecified atom stereocenters. The van der Waals surface area contributed by atoms with Gasteiger partial charge in [0.15, 0.2) is 0 Å². The molecule has 1 atom stereocenters. The lowest BCUT2D eigenvalue weighted by Crippen LogP contribution is -2.35. The van der Waals surface area contributed by atoms with E-state index in [1.165, 1.54) is 11.3 Å². The molecule has 3 aromatic heterocycles. The largest absolute Gasteiger partial charge is 0.497 e. The third kappa shape index (κ3) is 6.58.